The maximum Gasteiger partial charge on any atom is 0.258 e. The van der Waals surface area contributed by atoms with E-state index in [1.807, 2.05) is 41.1 Å². The van der Waals surface area contributed by atoms with Gasteiger partial charge in [-0.1, -0.05) is 69.3 Å². The molecule has 0 radical (unpaired) electrons. The second kappa shape index (κ2) is 7.12. The van der Waals surface area contributed by atoms with Gasteiger partial charge in [0.15, 0.2) is 0 Å². The highest BCUT2D eigenvalue weighted by atomic mass is 16.1. The molecule has 0 amide bonds. The molecule has 0 bridgehead atoms. The van der Waals surface area contributed by atoms with Crippen LogP contribution in [-0.4, -0.2) is 4.57 Å². The van der Waals surface area contributed by atoms with Gasteiger partial charge < -0.3 is 4.57 Å². The van der Waals surface area contributed by atoms with Gasteiger partial charge in [-0.15, -0.1) is 0 Å². The number of benzene rings is 3. The minimum Gasteiger partial charge on any atom is -0.309 e. The fraction of sp³-hybridized carbons (Fsp3) is 0.321. The third kappa shape index (κ3) is 3.67. The average Bonchev–Trinajstić information content (AvgIpc) is 2.67. The number of aryl methyl sites for hydroxylation is 1. The van der Waals surface area contributed by atoms with Crippen LogP contribution in [0.2, 0.25) is 0 Å². The van der Waals surface area contributed by atoms with Crippen LogP contribution in [0.1, 0.15) is 51.3 Å². The molecule has 4 rings (SSSR count). The Labute approximate surface area is 179 Å². The zero-order chi connectivity index (χ0) is 21.7. The van der Waals surface area contributed by atoms with Gasteiger partial charge in [-0.25, -0.2) is 0 Å². The predicted octanol–water partition coefficient (Wildman–Crippen LogP) is 6.74. The summed E-state index contributed by atoms with van der Waals surface area (Å²) in [5.41, 5.74) is 3.84. The van der Waals surface area contributed by atoms with Crippen molar-refractivity contribution in [3.8, 4) is 0 Å². The molecule has 0 fully saturated rings. The van der Waals surface area contributed by atoms with Gasteiger partial charge in [0.2, 0.25) is 0 Å². The van der Waals surface area contributed by atoms with Crippen LogP contribution < -0.4 is 5.56 Å². The molecule has 1 aromatic heterocycles. The third-order valence-electron chi connectivity index (χ3n) is 6.16. The van der Waals surface area contributed by atoms with Crippen molar-refractivity contribution in [3.05, 3.63) is 93.9 Å². The van der Waals surface area contributed by atoms with Crippen LogP contribution in [0.4, 0.5) is 0 Å². The molecule has 0 N–H and O–H groups in total. The molecule has 0 spiro atoms. The number of pyridine rings is 1. The van der Waals surface area contributed by atoms with Gasteiger partial charge in [0.1, 0.15) is 0 Å². The topological polar surface area (TPSA) is 22.0 Å². The highest BCUT2D eigenvalue weighted by molar-refractivity contribution is 5.85. The lowest BCUT2D eigenvalue weighted by atomic mass is 9.82. The van der Waals surface area contributed by atoms with E-state index in [1.165, 1.54) is 27.5 Å². The molecule has 3 aromatic carbocycles. The summed E-state index contributed by atoms with van der Waals surface area (Å²) in [6.07, 6.45) is 2.73. The smallest absolute Gasteiger partial charge is 0.258 e. The summed E-state index contributed by atoms with van der Waals surface area (Å²) in [5.74, 6) is 0. The molecule has 30 heavy (non-hydrogen) atoms. The summed E-state index contributed by atoms with van der Waals surface area (Å²) < 4.78 is 1.88. The first-order valence-corrected chi connectivity index (χ1v) is 10.7. The fourth-order valence-electron chi connectivity index (χ4n) is 4.63. The highest BCUT2D eigenvalue weighted by Gasteiger charge is 2.23. The summed E-state index contributed by atoms with van der Waals surface area (Å²) in [4.78, 5) is 13.1. The molecule has 0 aliphatic rings. The standard InChI is InChI=1S/C28H31NO/c1-19-15-22-12-11-20(16-23(22)17-25(19)27(2,3)4)18-28(5,6)29-14-13-21-9-7-8-10-24(21)26(29)30/h7-17H,18H2,1-6H3. The van der Waals surface area contributed by atoms with E-state index in [4.69, 9.17) is 0 Å². The molecule has 0 saturated carbocycles. The summed E-state index contributed by atoms with van der Waals surface area (Å²) in [6.45, 7) is 13.3. The van der Waals surface area contributed by atoms with E-state index in [0.29, 0.717) is 0 Å². The molecule has 0 aliphatic carbocycles. The number of hydrogen-bond acceptors (Lipinski definition) is 1. The first-order valence-electron chi connectivity index (χ1n) is 10.7. The molecule has 4 aromatic rings. The van der Waals surface area contributed by atoms with Crippen molar-refractivity contribution in [1.82, 2.24) is 4.57 Å². The van der Waals surface area contributed by atoms with Gasteiger partial charge in [-0.2, -0.15) is 0 Å². The maximum atomic E-state index is 13.1. The first kappa shape index (κ1) is 20.4. The van der Waals surface area contributed by atoms with Crippen LogP contribution in [0.3, 0.4) is 0 Å². The van der Waals surface area contributed by atoms with E-state index in [-0.39, 0.29) is 16.5 Å². The molecular weight excluding hydrogens is 366 g/mol. The zero-order valence-electron chi connectivity index (χ0n) is 18.9. The number of rotatable bonds is 3. The fourth-order valence-corrected chi connectivity index (χ4v) is 4.63. The second-order valence-electron chi connectivity index (χ2n) is 10.2. The van der Waals surface area contributed by atoms with E-state index >= 15 is 0 Å². The van der Waals surface area contributed by atoms with Gasteiger partial charge in [-0.3, -0.25) is 4.79 Å². The Bertz CT molecular complexity index is 1300. The Kier molecular flexibility index (Phi) is 4.85. The molecule has 154 valence electrons. The lowest BCUT2D eigenvalue weighted by Gasteiger charge is -2.28. The molecule has 0 unspecified atom stereocenters. The lowest BCUT2D eigenvalue weighted by Crippen LogP contribution is -2.37. The van der Waals surface area contributed by atoms with E-state index in [9.17, 15) is 4.79 Å². The molecule has 0 aliphatic heterocycles. The van der Waals surface area contributed by atoms with Crippen LogP contribution in [0.5, 0.6) is 0 Å². The van der Waals surface area contributed by atoms with Gasteiger partial charge in [0, 0.05) is 17.1 Å². The van der Waals surface area contributed by atoms with E-state index < -0.39 is 0 Å². The van der Waals surface area contributed by atoms with Crippen LogP contribution in [0.15, 0.2) is 71.7 Å². The van der Waals surface area contributed by atoms with E-state index in [0.717, 1.165) is 17.2 Å². The molecule has 1 heterocycles. The normalized spacial score (nSPS) is 12.6. The monoisotopic (exact) mass is 397 g/mol. The van der Waals surface area contributed by atoms with Crippen molar-refractivity contribution in [2.75, 3.05) is 0 Å². The van der Waals surface area contributed by atoms with Crippen molar-refractivity contribution in [3.63, 3.8) is 0 Å². The van der Waals surface area contributed by atoms with Crippen LogP contribution in [0.25, 0.3) is 21.5 Å². The Morgan fingerprint density at radius 1 is 0.800 bits per heavy atom. The quantitative estimate of drug-likeness (QED) is 0.375. The lowest BCUT2D eigenvalue weighted by molar-refractivity contribution is 0.343. The summed E-state index contributed by atoms with van der Waals surface area (Å²) in [7, 11) is 0. The van der Waals surface area contributed by atoms with Crippen molar-refractivity contribution in [2.24, 2.45) is 0 Å². The summed E-state index contributed by atoms with van der Waals surface area (Å²) >= 11 is 0. The number of nitrogens with zero attached hydrogens (tertiary/aromatic N) is 1. The highest BCUT2D eigenvalue weighted by Crippen LogP contribution is 2.31. The van der Waals surface area contributed by atoms with Crippen LogP contribution >= 0.6 is 0 Å². The first-order chi connectivity index (χ1) is 14.1. The molecule has 2 nitrogen and oxygen atoms in total. The van der Waals surface area contributed by atoms with Gasteiger partial charge >= 0.3 is 0 Å². The Balaban J connectivity index is 1.75. The SMILES string of the molecule is Cc1cc2ccc(CC(C)(C)n3ccc4ccccc4c3=O)cc2cc1C(C)(C)C. The third-order valence-corrected chi connectivity index (χ3v) is 6.16. The van der Waals surface area contributed by atoms with Gasteiger partial charge in [0.05, 0.1) is 0 Å². The molecule has 0 saturated heterocycles. The van der Waals surface area contributed by atoms with Gasteiger partial charge in [0.25, 0.3) is 5.56 Å². The average molecular weight is 398 g/mol. The molecular formula is C28H31NO. The van der Waals surface area contributed by atoms with Crippen LogP contribution in [-0.2, 0) is 17.4 Å². The van der Waals surface area contributed by atoms with E-state index in [1.54, 1.807) is 0 Å². The second-order valence-corrected chi connectivity index (χ2v) is 10.2. The molecule has 0 atom stereocenters. The minimum absolute atomic E-state index is 0.0736. The van der Waals surface area contributed by atoms with Gasteiger partial charge in [-0.05, 0) is 77.6 Å². The van der Waals surface area contributed by atoms with Crippen molar-refractivity contribution in [1.29, 1.82) is 0 Å². The molecule has 2 heteroatoms. The largest absolute Gasteiger partial charge is 0.309 e. The maximum absolute atomic E-state index is 13.1. The van der Waals surface area contributed by atoms with Crippen LogP contribution in [0, 0.1) is 6.92 Å². The Hall–Kier alpha value is -2.87. The minimum atomic E-state index is -0.327. The van der Waals surface area contributed by atoms with E-state index in [2.05, 4.69) is 71.9 Å². The van der Waals surface area contributed by atoms with Crippen molar-refractivity contribution in [2.45, 2.75) is 58.9 Å². The van der Waals surface area contributed by atoms with Crippen molar-refractivity contribution >= 4 is 21.5 Å². The Morgan fingerprint density at radius 2 is 1.53 bits per heavy atom. The number of fused-ring (bicyclic) bond motifs is 2. The summed E-state index contributed by atoms with van der Waals surface area (Å²) in [6, 6.07) is 21.2. The predicted molar refractivity (Wildman–Crippen MR) is 129 cm³/mol. The number of aromatic nitrogens is 1. The van der Waals surface area contributed by atoms with Crippen molar-refractivity contribution < 1.29 is 0 Å². The zero-order valence-corrected chi connectivity index (χ0v) is 18.9. The number of hydrogen-bond donors (Lipinski definition) is 0. The Morgan fingerprint density at radius 3 is 2.27 bits per heavy atom. The summed E-state index contributed by atoms with van der Waals surface area (Å²) in [5, 5.41) is 4.30.